The molecule has 3 amide bonds. The summed E-state index contributed by atoms with van der Waals surface area (Å²) in [5.74, 6) is 1.10. The first kappa shape index (κ1) is 22.9. The number of ether oxygens (including phenoxy) is 1. The van der Waals surface area contributed by atoms with E-state index in [-0.39, 0.29) is 11.9 Å². The van der Waals surface area contributed by atoms with Crippen LogP contribution in [0.4, 0.5) is 4.79 Å². The van der Waals surface area contributed by atoms with Crippen LogP contribution in [0.2, 0.25) is 0 Å². The van der Waals surface area contributed by atoms with Crippen LogP contribution in [-0.2, 0) is 17.8 Å². The van der Waals surface area contributed by atoms with Crippen LogP contribution in [0.15, 0.2) is 18.2 Å². The lowest BCUT2D eigenvalue weighted by molar-refractivity contribution is -0.132. The van der Waals surface area contributed by atoms with E-state index in [1.165, 1.54) is 32.4 Å². The average Bonchev–Trinajstić information content (AvgIpc) is 3.05. The van der Waals surface area contributed by atoms with E-state index in [1.54, 1.807) is 4.90 Å². The third-order valence-corrected chi connectivity index (χ3v) is 7.07. The average molecular weight is 443 g/mol. The first-order valence-electron chi connectivity index (χ1n) is 12.4. The van der Waals surface area contributed by atoms with Gasteiger partial charge in [0.15, 0.2) is 0 Å². The quantitative estimate of drug-likeness (QED) is 0.761. The highest BCUT2D eigenvalue weighted by molar-refractivity contribution is 5.76. The maximum absolute atomic E-state index is 12.8. The van der Waals surface area contributed by atoms with Crippen molar-refractivity contribution in [3.63, 3.8) is 0 Å². The molecule has 4 rings (SSSR count). The molecule has 0 aromatic heterocycles. The van der Waals surface area contributed by atoms with Gasteiger partial charge in [-0.05, 0) is 63.7 Å². The van der Waals surface area contributed by atoms with E-state index in [0.29, 0.717) is 38.7 Å². The summed E-state index contributed by atoms with van der Waals surface area (Å²) in [4.78, 5) is 31.6. The predicted octanol–water partition coefficient (Wildman–Crippen LogP) is 3.02. The van der Waals surface area contributed by atoms with Gasteiger partial charge in [0.1, 0.15) is 12.4 Å². The smallest absolute Gasteiger partial charge is 0.317 e. The minimum Gasteiger partial charge on any atom is -0.491 e. The predicted molar refractivity (Wildman–Crippen MR) is 125 cm³/mol. The number of urea groups is 1. The number of piperidine rings is 2. The first-order valence-corrected chi connectivity index (χ1v) is 12.4. The fourth-order valence-corrected chi connectivity index (χ4v) is 5.21. The van der Waals surface area contributed by atoms with Crippen molar-refractivity contribution in [2.24, 2.45) is 0 Å². The van der Waals surface area contributed by atoms with Crippen LogP contribution >= 0.6 is 0 Å². The Morgan fingerprint density at radius 2 is 1.81 bits per heavy atom. The molecule has 7 nitrogen and oxygen atoms in total. The van der Waals surface area contributed by atoms with Gasteiger partial charge in [-0.2, -0.15) is 0 Å². The van der Waals surface area contributed by atoms with Crippen molar-refractivity contribution in [1.29, 1.82) is 0 Å². The molecule has 2 fully saturated rings. The number of aryl methyl sites for hydroxylation is 1. The maximum Gasteiger partial charge on any atom is 0.317 e. The highest BCUT2D eigenvalue weighted by Gasteiger charge is 2.27. The number of nitrogens with one attached hydrogen (secondary N) is 1. The van der Waals surface area contributed by atoms with Crippen molar-refractivity contribution >= 4 is 11.9 Å². The zero-order valence-electron chi connectivity index (χ0n) is 19.5. The Bertz CT molecular complexity index is 785. The molecule has 0 atom stereocenters. The Balaban J connectivity index is 1.28. The summed E-state index contributed by atoms with van der Waals surface area (Å²) in [7, 11) is 0. The zero-order chi connectivity index (χ0) is 22.3. The van der Waals surface area contributed by atoms with Gasteiger partial charge in [0, 0.05) is 37.7 Å². The van der Waals surface area contributed by atoms with Crippen molar-refractivity contribution in [3.05, 3.63) is 29.3 Å². The summed E-state index contributed by atoms with van der Waals surface area (Å²) in [6, 6.07) is 6.74. The summed E-state index contributed by atoms with van der Waals surface area (Å²) >= 11 is 0. The summed E-state index contributed by atoms with van der Waals surface area (Å²) in [6.45, 7) is 8.38. The van der Waals surface area contributed by atoms with Gasteiger partial charge in [-0.25, -0.2) is 4.79 Å². The molecule has 2 saturated heterocycles. The normalized spacial score (nSPS) is 20.3. The molecule has 1 N–H and O–H groups in total. The van der Waals surface area contributed by atoms with Crippen LogP contribution < -0.4 is 10.1 Å². The van der Waals surface area contributed by atoms with Gasteiger partial charge in [-0.15, -0.1) is 0 Å². The molecule has 1 aromatic rings. The third kappa shape index (κ3) is 5.74. The van der Waals surface area contributed by atoms with E-state index in [0.717, 1.165) is 49.2 Å². The van der Waals surface area contributed by atoms with Crippen molar-refractivity contribution in [1.82, 2.24) is 20.0 Å². The van der Waals surface area contributed by atoms with Crippen molar-refractivity contribution in [2.45, 2.75) is 64.5 Å². The number of hydrogen-bond acceptors (Lipinski definition) is 4. The zero-order valence-corrected chi connectivity index (χ0v) is 19.5. The molecule has 32 heavy (non-hydrogen) atoms. The van der Waals surface area contributed by atoms with Gasteiger partial charge in [0.25, 0.3) is 0 Å². The van der Waals surface area contributed by atoms with Gasteiger partial charge in [0.2, 0.25) is 5.91 Å². The molecule has 0 bridgehead atoms. The minimum absolute atomic E-state index is 0.0579. The van der Waals surface area contributed by atoms with Crippen LogP contribution in [0.3, 0.4) is 0 Å². The van der Waals surface area contributed by atoms with Crippen molar-refractivity contribution in [3.8, 4) is 5.75 Å². The third-order valence-electron chi connectivity index (χ3n) is 7.07. The van der Waals surface area contributed by atoms with Gasteiger partial charge in [-0.3, -0.25) is 4.79 Å². The van der Waals surface area contributed by atoms with Gasteiger partial charge in [-0.1, -0.05) is 18.6 Å². The summed E-state index contributed by atoms with van der Waals surface area (Å²) < 4.78 is 5.84. The molecule has 0 aliphatic carbocycles. The molecule has 3 heterocycles. The SMILES string of the molecule is CCNC(=O)N1CCOc2ccc(CCC(=O)N3CCC(N4CCCCC4)CC3)cc2C1. The Morgan fingerprint density at radius 1 is 1.03 bits per heavy atom. The lowest BCUT2D eigenvalue weighted by Gasteiger charge is -2.40. The Hall–Kier alpha value is -2.28. The molecule has 176 valence electrons. The highest BCUT2D eigenvalue weighted by atomic mass is 16.5. The van der Waals surface area contributed by atoms with Gasteiger partial charge < -0.3 is 24.8 Å². The topological polar surface area (TPSA) is 65.1 Å². The Labute approximate surface area is 192 Å². The van der Waals surface area contributed by atoms with E-state index in [2.05, 4.69) is 27.2 Å². The number of carbonyl (C=O) groups excluding carboxylic acids is 2. The van der Waals surface area contributed by atoms with E-state index in [4.69, 9.17) is 4.74 Å². The Kier molecular flexibility index (Phi) is 7.90. The largest absolute Gasteiger partial charge is 0.491 e. The number of benzene rings is 1. The highest BCUT2D eigenvalue weighted by Crippen LogP contribution is 2.26. The lowest BCUT2D eigenvalue weighted by Crippen LogP contribution is -2.48. The molecule has 0 unspecified atom stereocenters. The van der Waals surface area contributed by atoms with E-state index >= 15 is 0 Å². The molecule has 3 aliphatic heterocycles. The van der Waals surface area contributed by atoms with E-state index in [1.807, 2.05) is 13.0 Å². The van der Waals surface area contributed by atoms with Gasteiger partial charge in [0.05, 0.1) is 13.1 Å². The number of rotatable bonds is 5. The van der Waals surface area contributed by atoms with Crippen LogP contribution in [0.25, 0.3) is 0 Å². The molecule has 7 heteroatoms. The van der Waals surface area contributed by atoms with Crippen LogP contribution in [0.1, 0.15) is 56.6 Å². The van der Waals surface area contributed by atoms with Crippen LogP contribution in [0.5, 0.6) is 5.75 Å². The number of amides is 3. The first-order chi connectivity index (χ1) is 15.6. The van der Waals surface area contributed by atoms with E-state index < -0.39 is 0 Å². The number of hydrogen-bond donors (Lipinski definition) is 1. The Morgan fingerprint density at radius 3 is 2.56 bits per heavy atom. The van der Waals surface area contributed by atoms with Crippen molar-refractivity contribution < 1.29 is 14.3 Å². The summed E-state index contributed by atoms with van der Waals surface area (Å²) in [5.41, 5.74) is 2.14. The number of nitrogens with zero attached hydrogens (tertiary/aromatic N) is 3. The standard InChI is InChI=1S/C25H38N4O3/c1-2-26-25(31)29-16-17-32-23-8-6-20(18-21(23)19-29)7-9-24(30)28-14-10-22(11-15-28)27-12-4-3-5-13-27/h6,8,18,22H,2-5,7,9-17,19H2,1H3,(H,26,31). The van der Waals surface area contributed by atoms with Crippen LogP contribution in [-0.4, -0.2) is 78.6 Å². The van der Waals surface area contributed by atoms with Crippen molar-refractivity contribution in [2.75, 3.05) is 45.9 Å². The fourth-order valence-electron chi connectivity index (χ4n) is 5.21. The maximum atomic E-state index is 12.8. The fraction of sp³-hybridized carbons (Fsp3) is 0.680. The second kappa shape index (κ2) is 11.0. The molecule has 3 aliphatic rings. The monoisotopic (exact) mass is 442 g/mol. The second-order valence-corrected chi connectivity index (χ2v) is 9.26. The van der Waals surface area contributed by atoms with E-state index in [9.17, 15) is 9.59 Å². The molecular weight excluding hydrogens is 404 g/mol. The molecule has 0 radical (unpaired) electrons. The van der Waals surface area contributed by atoms with Gasteiger partial charge >= 0.3 is 6.03 Å². The summed E-state index contributed by atoms with van der Waals surface area (Å²) in [6.07, 6.45) is 7.49. The molecular formula is C25H38N4O3. The number of fused-ring (bicyclic) bond motifs is 1. The number of carbonyl (C=O) groups is 2. The lowest BCUT2D eigenvalue weighted by atomic mass is 9.99. The minimum atomic E-state index is -0.0579. The van der Waals surface area contributed by atoms with Crippen LogP contribution in [0, 0.1) is 0 Å². The molecule has 0 saturated carbocycles. The molecule has 0 spiro atoms. The second-order valence-electron chi connectivity index (χ2n) is 9.26. The molecule has 1 aromatic carbocycles. The number of likely N-dealkylation sites (tertiary alicyclic amines) is 2. The summed E-state index contributed by atoms with van der Waals surface area (Å²) in [5, 5.41) is 2.87.